The minimum absolute atomic E-state index is 0.0133. The second-order valence-corrected chi connectivity index (χ2v) is 5.74. The monoisotopic (exact) mass is 304 g/mol. The number of nitrogens with zero attached hydrogens (tertiary/aromatic N) is 1. The number of ether oxygens (including phenoxy) is 1. The summed E-state index contributed by atoms with van der Waals surface area (Å²) < 4.78 is 5.18. The van der Waals surface area contributed by atoms with Crippen molar-refractivity contribution in [3.05, 3.63) is 53.6 Å². The lowest BCUT2D eigenvalue weighted by Crippen LogP contribution is -2.13. The highest BCUT2D eigenvalue weighted by Gasteiger charge is 2.20. The molecule has 0 aliphatic heterocycles. The summed E-state index contributed by atoms with van der Waals surface area (Å²) in [6.07, 6.45) is 2.43. The lowest BCUT2D eigenvalue weighted by molar-refractivity contribution is 0.162. The molecule has 0 fully saturated rings. The van der Waals surface area contributed by atoms with Crippen molar-refractivity contribution in [2.45, 2.75) is 24.9 Å². The number of aromatic nitrogens is 1. The Hall–Kier alpha value is -1.85. The molecule has 1 aromatic heterocycles. The van der Waals surface area contributed by atoms with Gasteiger partial charge in [0, 0.05) is 11.3 Å². The second-order valence-electron chi connectivity index (χ2n) is 4.85. The van der Waals surface area contributed by atoms with E-state index in [4.69, 9.17) is 10.5 Å². The minimum atomic E-state index is -0.447. The molecule has 4 nitrogen and oxygen atoms in total. The van der Waals surface area contributed by atoms with Crippen LogP contribution < -0.4 is 10.5 Å². The molecule has 112 valence electrons. The van der Waals surface area contributed by atoms with Crippen LogP contribution in [0.2, 0.25) is 0 Å². The summed E-state index contributed by atoms with van der Waals surface area (Å²) in [5.74, 6) is 0.821. The summed E-state index contributed by atoms with van der Waals surface area (Å²) in [6, 6.07) is 7.83. The molecule has 21 heavy (non-hydrogen) atoms. The number of benzene rings is 1. The van der Waals surface area contributed by atoms with E-state index in [0.29, 0.717) is 18.0 Å². The molecule has 0 aliphatic carbocycles. The summed E-state index contributed by atoms with van der Waals surface area (Å²) in [5.41, 5.74) is 7.72. The van der Waals surface area contributed by atoms with Gasteiger partial charge in [-0.2, -0.15) is 0 Å². The quantitative estimate of drug-likeness (QED) is 0.771. The van der Waals surface area contributed by atoms with Crippen LogP contribution in [0.5, 0.6) is 5.75 Å². The molecule has 0 amide bonds. The number of aliphatic hydroxyl groups is 1. The largest absolute Gasteiger partial charge is 0.497 e. The first-order chi connectivity index (χ1) is 10.1. The first-order valence-corrected chi connectivity index (χ1v) is 7.65. The molecule has 5 heteroatoms. The van der Waals surface area contributed by atoms with E-state index in [1.807, 2.05) is 29.6 Å². The van der Waals surface area contributed by atoms with Gasteiger partial charge in [-0.3, -0.25) is 0 Å². The summed E-state index contributed by atoms with van der Waals surface area (Å²) >= 11 is 1.42. The van der Waals surface area contributed by atoms with Crippen molar-refractivity contribution in [3.8, 4) is 5.75 Å². The van der Waals surface area contributed by atoms with Crippen LogP contribution in [0.15, 0.2) is 42.3 Å². The third-order valence-corrected chi connectivity index (χ3v) is 4.05. The van der Waals surface area contributed by atoms with E-state index in [1.54, 1.807) is 13.2 Å². The molecule has 0 radical (unpaired) electrons. The Labute approximate surface area is 128 Å². The van der Waals surface area contributed by atoms with Gasteiger partial charge in [-0.1, -0.05) is 18.2 Å². The standard InChI is InChI=1S/C16H20N2O2S/c1-3-4-12(19)9-14(15-10-21-16(17)18-15)11-5-7-13(20-2)8-6-11/h3,5-8,10,12,14,19H,1,4,9H2,2H3,(H2,17,18). The summed E-state index contributed by atoms with van der Waals surface area (Å²) in [6.45, 7) is 3.67. The predicted molar refractivity (Wildman–Crippen MR) is 86.8 cm³/mol. The normalized spacial score (nSPS) is 13.6. The van der Waals surface area contributed by atoms with Gasteiger partial charge in [0.05, 0.1) is 18.9 Å². The molecule has 0 aliphatic rings. The van der Waals surface area contributed by atoms with Crippen LogP contribution in [-0.2, 0) is 0 Å². The molecule has 1 heterocycles. The summed E-state index contributed by atoms with van der Waals surface area (Å²) in [5, 5.41) is 12.6. The molecule has 2 atom stereocenters. The molecule has 0 spiro atoms. The van der Waals surface area contributed by atoms with Crippen LogP contribution in [0.3, 0.4) is 0 Å². The molecule has 2 rings (SSSR count). The van der Waals surface area contributed by atoms with E-state index >= 15 is 0 Å². The van der Waals surface area contributed by atoms with E-state index < -0.39 is 6.10 Å². The van der Waals surface area contributed by atoms with Gasteiger partial charge in [-0.25, -0.2) is 4.98 Å². The molecule has 0 bridgehead atoms. The number of methoxy groups -OCH3 is 1. The van der Waals surface area contributed by atoms with E-state index in [0.717, 1.165) is 17.0 Å². The molecule has 3 N–H and O–H groups in total. The first kappa shape index (κ1) is 15.5. The van der Waals surface area contributed by atoms with Crippen molar-refractivity contribution in [3.63, 3.8) is 0 Å². The predicted octanol–water partition coefficient (Wildman–Crippen LogP) is 3.19. The Kier molecular flexibility index (Phi) is 5.36. The van der Waals surface area contributed by atoms with Gasteiger partial charge in [0.15, 0.2) is 5.13 Å². The molecular weight excluding hydrogens is 284 g/mol. The average molecular weight is 304 g/mol. The zero-order valence-electron chi connectivity index (χ0n) is 12.0. The van der Waals surface area contributed by atoms with Crippen molar-refractivity contribution < 1.29 is 9.84 Å². The number of thiazole rings is 1. The van der Waals surface area contributed by atoms with Crippen molar-refractivity contribution >= 4 is 16.5 Å². The van der Waals surface area contributed by atoms with Gasteiger partial charge in [0.25, 0.3) is 0 Å². The van der Waals surface area contributed by atoms with Crippen molar-refractivity contribution in [2.75, 3.05) is 12.8 Å². The summed E-state index contributed by atoms with van der Waals surface area (Å²) in [4.78, 5) is 4.37. The van der Waals surface area contributed by atoms with E-state index in [9.17, 15) is 5.11 Å². The number of aliphatic hydroxyl groups excluding tert-OH is 1. The maximum absolute atomic E-state index is 10.1. The van der Waals surface area contributed by atoms with Crippen LogP contribution in [0.4, 0.5) is 5.13 Å². The van der Waals surface area contributed by atoms with Crippen LogP contribution in [-0.4, -0.2) is 23.3 Å². The van der Waals surface area contributed by atoms with Gasteiger partial charge in [0.1, 0.15) is 5.75 Å². The van der Waals surface area contributed by atoms with Crippen LogP contribution >= 0.6 is 11.3 Å². The van der Waals surface area contributed by atoms with Gasteiger partial charge >= 0.3 is 0 Å². The Balaban J connectivity index is 2.27. The minimum Gasteiger partial charge on any atom is -0.497 e. The van der Waals surface area contributed by atoms with Crippen molar-refractivity contribution in [2.24, 2.45) is 0 Å². The number of anilines is 1. The fourth-order valence-corrected chi connectivity index (χ4v) is 2.90. The lowest BCUT2D eigenvalue weighted by Gasteiger charge is -2.19. The smallest absolute Gasteiger partial charge is 0.180 e. The van der Waals surface area contributed by atoms with Crippen LogP contribution in [0.25, 0.3) is 0 Å². The fourth-order valence-electron chi connectivity index (χ4n) is 2.29. The molecule has 0 saturated carbocycles. The zero-order valence-corrected chi connectivity index (χ0v) is 12.8. The van der Waals surface area contributed by atoms with Crippen molar-refractivity contribution in [1.29, 1.82) is 0 Å². The highest BCUT2D eigenvalue weighted by Crippen LogP contribution is 2.32. The van der Waals surface area contributed by atoms with Crippen molar-refractivity contribution in [1.82, 2.24) is 4.98 Å². The molecule has 2 unspecified atom stereocenters. The number of nitrogen functional groups attached to an aromatic ring is 1. The van der Waals surface area contributed by atoms with E-state index in [-0.39, 0.29) is 5.92 Å². The van der Waals surface area contributed by atoms with Gasteiger partial charge in [0.2, 0.25) is 0 Å². The Morgan fingerprint density at radius 3 is 2.67 bits per heavy atom. The molecule has 2 aromatic rings. The number of nitrogens with two attached hydrogens (primary N) is 1. The molecule has 1 aromatic carbocycles. The van der Waals surface area contributed by atoms with Gasteiger partial charge in [-0.15, -0.1) is 17.9 Å². The Morgan fingerprint density at radius 1 is 1.43 bits per heavy atom. The van der Waals surface area contributed by atoms with Gasteiger partial charge < -0.3 is 15.6 Å². The third-order valence-electron chi connectivity index (χ3n) is 3.36. The zero-order chi connectivity index (χ0) is 15.2. The fraction of sp³-hybridized carbons (Fsp3) is 0.312. The van der Waals surface area contributed by atoms with Crippen LogP contribution in [0.1, 0.15) is 30.0 Å². The van der Waals surface area contributed by atoms with Crippen LogP contribution in [0, 0.1) is 0 Å². The SMILES string of the molecule is C=CCC(O)CC(c1ccc(OC)cc1)c1csc(N)n1. The average Bonchev–Trinajstić information content (AvgIpc) is 2.91. The first-order valence-electron chi connectivity index (χ1n) is 6.77. The number of hydrogen-bond acceptors (Lipinski definition) is 5. The van der Waals surface area contributed by atoms with E-state index in [1.165, 1.54) is 11.3 Å². The topological polar surface area (TPSA) is 68.4 Å². The second kappa shape index (κ2) is 7.24. The molecular formula is C16H20N2O2S. The van der Waals surface area contributed by atoms with Gasteiger partial charge in [-0.05, 0) is 30.5 Å². The van der Waals surface area contributed by atoms with E-state index in [2.05, 4.69) is 11.6 Å². The summed E-state index contributed by atoms with van der Waals surface area (Å²) in [7, 11) is 1.64. The number of hydrogen-bond donors (Lipinski definition) is 2. The lowest BCUT2D eigenvalue weighted by atomic mass is 9.90. The highest BCUT2D eigenvalue weighted by molar-refractivity contribution is 7.13. The molecule has 0 saturated heterocycles. The Morgan fingerprint density at radius 2 is 2.14 bits per heavy atom. The Bertz CT molecular complexity index is 580. The number of rotatable bonds is 7. The third kappa shape index (κ3) is 4.06. The maximum atomic E-state index is 10.1. The highest BCUT2D eigenvalue weighted by atomic mass is 32.1. The maximum Gasteiger partial charge on any atom is 0.180 e.